The third-order valence-corrected chi connectivity index (χ3v) is 1.42. The summed E-state index contributed by atoms with van der Waals surface area (Å²) in [7, 11) is 0. The number of carboxylic acid groups (broad SMARTS) is 2. The molecule has 13 heavy (non-hydrogen) atoms. The van der Waals surface area contributed by atoms with Gasteiger partial charge >= 0.3 is 11.9 Å². The standard InChI is InChI=1S/C7H13NO5/c1-2-3-8(4-5(9)10)6(11)7(12)13/h6,11H,2-4H2,1H3,(H,9,10)(H,12,13). The van der Waals surface area contributed by atoms with E-state index in [1.54, 1.807) is 6.92 Å². The molecular weight excluding hydrogens is 178 g/mol. The van der Waals surface area contributed by atoms with Gasteiger partial charge in [-0.25, -0.2) is 4.79 Å². The Kier molecular flexibility index (Phi) is 5.01. The third kappa shape index (κ3) is 4.44. The molecule has 0 heterocycles. The van der Waals surface area contributed by atoms with E-state index >= 15 is 0 Å². The van der Waals surface area contributed by atoms with E-state index in [1.807, 2.05) is 0 Å². The number of aliphatic hydroxyl groups is 1. The molecule has 0 saturated carbocycles. The van der Waals surface area contributed by atoms with E-state index in [1.165, 1.54) is 0 Å². The molecule has 6 nitrogen and oxygen atoms in total. The Labute approximate surface area is 75.4 Å². The zero-order valence-corrected chi connectivity index (χ0v) is 7.30. The molecule has 0 aliphatic heterocycles. The van der Waals surface area contributed by atoms with Crippen molar-refractivity contribution in [2.45, 2.75) is 19.6 Å². The second-order valence-corrected chi connectivity index (χ2v) is 2.58. The number of nitrogens with zero attached hydrogens (tertiary/aromatic N) is 1. The quantitative estimate of drug-likeness (QED) is 0.475. The Morgan fingerprint density at radius 1 is 1.38 bits per heavy atom. The molecule has 1 atom stereocenters. The molecule has 0 saturated heterocycles. The van der Waals surface area contributed by atoms with E-state index < -0.39 is 24.7 Å². The van der Waals surface area contributed by atoms with Gasteiger partial charge in [-0.15, -0.1) is 0 Å². The summed E-state index contributed by atoms with van der Waals surface area (Å²) in [5, 5.41) is 25.8. The fraction of sp³-hybridized carbons (Fsp3) is 0.714. The van der Waals surface area contributed by atoms with E-state index in [0.29, 0.717) is 6.42 Å². The Morgan fingerprint density at radius 2 is 1.92 bits per heavy atom. The van der Waals surface area contributed by atoms with Gasteiger partial charge in [0.2, 0.25) is 6.23 Å². The Morgan fingerprint density at radius 3 is 2.23 bits per heavy atom. The van der Waals surface area contributed by atoms with Crippen LogP contribution in [0.5, 0.6) is 0 Å². The van der Waals surface area contributed by atoms with Crippen LogP contribution in [0.2, 0.25) is 0 Å². The predicted molar refractivity (Wildman–Crippen MR) is 43.1 cm³/mol. The summed E-state index contributed by atoms with van der Waals surface area (Å²) in [5.74, 6) is -2.59. The summed E-state index contributed by atoms with van der Waals surface area (Å²) in [5.41, 5.74) is 0. The van der Waals surface area contributed by atoms with Crippen LogP contribution in [0.15, 0.2) is 0 Å². The maximum atomic E-state index is 10.3. The second-order valence-electron chi connectivity index (χ2n) is 2.58. The van der Waals surface area contributed by atoms with Gasteiger partial charge in [-0.05, 0) is 6.42 Å². The molecular formula is C7H13NO5. The Hall–Kier alpha value is -1.14. The zero-order valence-electron chi connectivity index (χ0n) is 7.30. The highest BCUT2D eigenvalue weighted by atomic mass is 16.4. The summed E-state index contributed by atoms with van der Waals surface area (Å²) >= 11 is 0. The molecule has 76 valence electrons. The van der Waals surface area contributed by atoms with Gasteiger partial charge in [0.25, 0.3) is 0 Å². The second kappa shape index (κ2) is 5.50. The Bertz CT molecular complexity index is 193. The van der Waals surface area contributed by atoms with Crippen LogP contribution in [0.3, 0.4) is 0 Å². The first-order chi connectivity index (χ1) is 5.99. The van der Waals surface area contributed by atoms with Gasteiger partial charge in [0.05, 0.1) is 6.54 Å². The van der Waals surface area contributed by atoms with Gasteiger partial charge < -0.3 is 15.3 Å². The van der Waals surface area contributed by atoms with E-state index in [9.17, 15) is 9.59 Å². The molecule has 6 heteroatoms. The first kappa shape index (κ1) is 11.9. The Balaban J connectivity index is 4.22. The van der Waals surface area contributed by atoms with Crippen LogP contribution in [0.25, 0.3) is 0 Å². The van der Waals surface area contributed by atoms with Crippen molar-refractivity contribution in [1.82, 2.24) is 4.90 Å². The van der Waals surface area contributed by atoms with Gasteiger partial charge in [-0.1, -0.05) is 6.92 Å². The molecule has 0 aromatic rings. The summed E-state index contributed by atoms with van der Waals surface area (Å²) < 4.78 is 0. The smallest absolute Gasteiger partial charge is 0.348 e. The molecule has 1 unspecified atom stereocenters. The zero-order chi connectivity index (χ0) is 10.4. The lowest BCUT2D eigenvalue weighted by Gasteiger charge is -2.21. The van der Waals surface area contributed by atoms with E-state index in [-0.39, 0.29) is 6.54 Å². The maximum absolute atomic E-state index is 10.3. The SMILES string of the molecule is CCCN(CC(=O)O)C(O)C(=O)O. The van der Waals surface area contributed by atoms with E-state index in [4.69, 9.17) is 15.3 Å². The van der Waals surface area contributed by atoms with Crippen molar-refractivity contribution < 1.29 is 24.9 Å². The molecule has 0 aliphatic carbocycles. The number of aliphatic hydroxyl groups excluding tert-OH is 1. The van der Waals surface area contributed by atoms with Crippen LogP contribution >= 0.6 is 0 Å². The summed E-state index contributed by atoms with van der Waals surface area (Å²) in [6.45, 7) is 1.53. The van der Waals surface area contributed by atoms with E-state index in [2.05, 4.69) is 0 Å². The molecule has 0 spiro atoms. The average Bonchev–Trinajstić information content (AvgIpc) is 2.01. The van der Waals surface area contributed by atoms with Crippen LogP contribution in [0, 0.1) is 0 Å². The molecule has 0 aromatic carbocycles. The van der Waals surface area contributed by atoms with Gasteiger partial charge in [0.1, 0.15) is 0 Å². The number of carboxylic acids is 2. The van der Waals surface area contributed by atoms with Crippen LogP contribution < -0.4 is 0 Å². The van der Waals surface area contributed by atoms with Crippen LogP contribution in [-0.2, 0) is 9.59 Å². The third-order valence-electron chi connectivity index (χ3n) is 1.42. The highest BCUT2D eigenvalue weighted by Gasteiger charge is 2.23. The number of aliphatic carboxylic acids is 2. The molecule has 3 N–H and O–H groups in total. The molecule has 0 fully saturated rings. The normalized spacial score (nSPS) is 12.8. The first-order valence-corrected chi connectivity index (χ1v) is 3.85. The van der Waals surface area contributed by atoms with Crippen LogP contribution in [0.1, 0.15) is 13.3 Å². The minimum absolute atomic E-state index is 0.236. The maximum Gasteiger partial charge on any atom is 0.348 e. The molecule has 0 rings (SSSR count). The van der Waals surface area contributed by atoms with Gasteiger partial charge in [-0.3, -0.25) is 9.69 Å². The fourth-order valence-electron chi connectivity index (χ4n) is 0.905. The minimum Gasteiger partial charge on any atom is -0.480 e. The molecule has 0 bridgehead atoms. The summed E-state index contributed by atoms with van der Waals surface area (Å²) in [6.07, 6.45) is -1.16. The van der Waals surface area contributed by atoms with Gasteiger partial charge in [0.15, 0.2) is 0 Å². The molecule has 0 aromatic heterocycles. The number of hydrogen-bond donors (Lipinski definition) is 3. The number of rotatable bonds is 6. The minimum atomic E-state index is -1.74. The van der Waals surface area contributed by atoms with Crippen molar-refractivity contribution in [3.63, 3.8) is 0 Å². The van der Waals surface area contributed by atoms with Gasteiger partial charge in [0, 0.05) is 6.54 Å². The van der Waals surface area contributed by atoms with Crippen molar-refractivity contribution >= 4 is 11.9 Å². The molecule has 0 amide bonds. The van der Waals surface area contributed by atoms with Gasteiger partial charge in [-0.2, -0.15) is 0 Å². The lowest BCUT2D eigenvalue weighted by Crippen LogP contribution is -2.44. The topological polar surface area (TPSA) is 98.1 Å². The van der Waals surface area contributed by atoms with Crippen LogP contribution in [0.4, 0.5) is 0 Å². The predicted octanol–water partition coefficient (Wildman–Crippen LogP) is -0.814. The van der Waals surface area contributed by atoms with Crippen molar-refractivity contribution in [2.24, 2.45) is 0 Å². The first-order valence-electron chi connectivity index (χ1n) is 3.85. The highest BCUT2D eigenvalue weighted by Crippen LogP contribution is 1.98. The summed E-state index contributed by atoms with van der Waals surface area (Å²) in [4.78, 5) is 21.6. The molecule has 0 radical (unpaired) electrons. The monoisotopic (exact) mass is 191 g/mol. The van der Waals surface area contributed by atoms with Crippen molar-refractivity contribution in [3.8, 4) is 0 Å². The molecule has 0 aliphatic rings. The van der Waals surface area contributed by atoms with E-state index in [0.717, 1.165) is 4.90 Å². The number of carbonyl (C=O) groups is 2. The highest BCUT2D eigenvalue weighted by molar-refractivity contribution is 5.74. The lowest BCUT2D eigenvalue weighted by atomic mass is 10.3. The van der Waals surface area contributed by atoms with Crippen LogP contribution in [-0.4, -0.2) is 51.5 Å². The van der Waals surface area contributed by atoms with Crippen molar-refractivity contribution in [2.75, 3.05) is 13.1 Å². The largest absolute Gasteiger partial charge is 0.480 e. The lowest BCUT2D eigenvalue weighted by molar-refractivity contribution is -0.160. The fourth-order valence-corrected chi connectivity index (χ4v) is 0.905. The average molecular weight is 191 g/mol. The van der Waals surface area contributed by atoms with Crippen molar-refractivity contribution in [1.29, 1.82) is 0 Å². The summed E-state index contributed by atoms with van der Waals surface area (Å²) in [6, 6.07) is 0. The van der Waals surface area contributed by atoms with Crippen molar-refractivity contribution in [3.05, 3.63) is 0 Å². The number of hydrogen-bond acceptors (Lipinski definition) is 4.